The van der Waals surface area contributed by atoms with Crippen LogP contribution in [0.25, 0.3) is 12.2 Å². The van der Waals surface area contributed by atoms with Crippen molar-refractivity contribution in [2.75, 3.05) is 0 Å². The second-order valence-corrected chi connectivity index (χ2v) is 10.6. The zero-order valence-electron chi connectivity index (χ0n) is 21.7. The molecule has 0 amide bonds. The molecule has 2 aliphatic carbocycles. The van der Waals surface area contributed by atoms with E-state index < -0.39 is 0 Å². The van der Waals surface area contributed by atoms with E-state index in [1.54, 1.807) is 0 Å². The first-order valence-corrected chi connectivity index (χ1v) is 14.2. The number of benzene rings is 1. The van der Waals surface area contributed by atoms with Crippen molar-refractivity contribution in [2.45, 2.75) is 117 Å². The molecular weight excluding hydrogens is 416 g/mol. The van der Waals surface area contributed by atoms with Crippen LogP contribution in [0, 0.1) is 11.8 Å². The molecular formula is C32H46O2. The Morgan fingerprint density at radius 3 is 1.38 bits per heavy atom. The van der Waals surface area contributed by atoms with Crippen LogP contribution in [-0.4, -0.2) is 11.6 Å². The average Bonchev–Trinajstić information content (AvgIpc) is 3.37. The summed E-state index contributed by atoms with van der Waals surface area (Å²) in [4.78, 5) is 25.6. The van der Waals surface area contributed by atoms with Crippen molar-refractivity contribution in [2.24, 2.45) is 11.8 Å². The van der Waals surface area contributed by atoms with Crippen LogP contribution in [0.4, 0.5) is 0 Å². The quantitative estimate of drug-likeness (QED) is 0.204. The first kappa shape index (κ1) is 26.6. The number of hydrogen-bond donors (Lipinski definition) is 0. The molecule has 0 aromatic heterocycles. The van der Waals surface area contributed by atoms with Gasteiger partial charge in [-0.3, -0.25) is 9.59 Å². The standard InChI is InChI=1S/C32H46O2/c1-3-5-7-9-11-13-27-19-21-29(31(27)33)23-25-15-17-26(18-16-25)24-30-22-20-28(32(30)34)14-12-10-8-6-4-2/h15-18,23-24,27-28H,3-14,19-22H2,1-2H3/b29-23+,30-24+/t27-,28+. The van der Waals surface area contributed by atoms with Crippen molar-refractivity contribution in [3.05, 3.63) is 46.5 Å². The summed E-state index contributed by atoms with van der Waals surface area (Å²) in [6, 6.07) is 8.37. The van der Waals surface area contributed by atoms with Crippen molar-refractivity contribution >= 4 is 23.7 Å². The summed E-state index contributed by atoms with van der Waals surface area (Å²) >= 11 is 0. The summed E-state index contributed by atoms with van der Waals surface area (Å²) in [5.41, 5.74) is 4.18. The van der Waals surface area contributed by atoms with Crippen LogP contribution in [0.3, 0.4) is 0 Å². The summed E-state index contributed by atoms with van der Waals surface area (Å²) in [5, 5.41) is 0. The maximum absolute atomic E-state index is 12.8. The molecule has 2 heteroatoms. The lowest BCUT2D eigenvalue weighted by Crippen LogP contribution is -2.07. The fourth-order valence-electron chi connectivity index (χ4n) is 5.61. The van der Waals surface area contributed by atoms with Gasteiger partial charge in [0.1, 0.15) is 0 Å². The number of Topliss-reactive ketones (excluding diaryl/α,β-unsaturated/α-hetero) is 2. The Morgan fingerprint density at radius 2 is 1.00 bits per heavy atom. The molecule has 2 atom stereocenters. The predicted molar refractivity (Wildman–Crippen MR) is 145 cm³/mol. The number of carbonyl (C=O) groups is 2. The number of hydrogen-bond acceptors (Lipinski definition) is 2. The molecule has 1 aromatic rings. The van der Waals surface area contributed by atoms with Crippen LogP contribution in [0.15, 0.2) is 35.4 Å². The maximum Gasteiger partial charge on any atom is 0.161 e. The summed E-state index contributed by atoms with van der Waals surface area (Å²) < 4.78 is 0. The molecule has 0 aliphatic heterocycles. The van der Waals surface area contributed by atoms with Crippen molar-refractivity contribution in [3.8, 4) is 0 Å². The van der Waals surface area contributed by atoms with Gasteiger partial charge in [-0.2, -0.15) is 0 Å². The van der Waals surface area contributed by atoms with E-state index in [2.05, 4.69) is 50.3 Å². The highest BCUT2D eigenvalue weighted by Crippen LogP contribution is 2.33. The van der Waals surface area contributed by atoms with Gasteiger partial charge in [-0.1, -0.05) is 102 Å². The minimum Gasteiger partial charge on any atom is -0.294 e. The van der Waals surface area contributed by atoms with E-state index in [4.69, 9.17) is 0 Å². The van der Waals surface area contributed by atoms with Crippen LogP contribution >= 0.6 is 0 Å². The lowest BCUT2D eigenvalue weighted by Gasteiger charge is -2.07. The van der Waals surface area contributed by atoms with Crippen molar-refractivity contribution in [3.63, 3.8) is 0 Å². The van der Waals surface area contributed by atoms with Gasteiger partial charge in [0.05, 0.1) is 0 Å². The highest BCUT2D eigenvalue weighted by atomic mass is 16.1. The monoisotopic (exact) mass is 462 g/mol. The predicted octanol–water partition coefficient (Wildman–Crippen LogP) is 9.13. The van der Waals surface area contributed by atoms with Gasteiger partial charge in [-0.15, -0.1) is 0 Å². The van der Waals surface area contributed by atoms with Gasteiger partial charge in [0.25, 0.3) is 0 Å². The van der Waals surface area contributed by atoms with Gasteiger partial charge in [0.2, 0.25) is 0 Å². The van der Waals surface area contributed by atoms with E-state index in [1.165, 1.54) is 64.2 Å². The molecule has 34 heavy (non-hydrogen) atoms. The SMILES string of the molecule is CCCCCCC[C@@H]1CC/C(=C\c2ccc(/C=C3\CC[C@H](CCCCCCC)C3=O)cc2)C1=O. The molecule has 0 spiro atoms. The Balaban J connectivity index is 1.48. The van der Waals surface area contributed by atoms with Crippen LogP contribution in [-0.2, 0) is 9.59 Å². The Hall–Kier alpha value is -1.96. The van der Waals surface area contributed by atoms with Gasteiger partial charge in [-0.05, 0) is 73.0 Å². The third-order valence-corrected chi connectivity index (χ3v) is 7.83. The smallest absolute Gasteiger partial charge is 0.161 e. The van der Waals surface area contributed by atoms with Crippen LogP contribution in [0.5, 0.6) is 0 Å². The fourth-order valence-corrected chi connectivity index (χ4v) is 5.61. The Morgan fingerprint density at radius 1 is 0.618 bits per heavy atom. The summed E-state index contributed by atoms with van der Waals surface area (Å²) in [6.45, 7) is 4.48. The van der Waals surface area contributed by atoms with Gasteiger partial charge >= 0.3 is 0 Å². The van der Waals surface area contributed by atoms with Gasteiger partial charge < -0.3 is 0 Å². The van der Waals surface area contributed by atoms with E-state index in [0.717, 1.165) is 60.8 Å². The van der Waals surface area contributed by atoms with Crippen molar-refractivity contribution in [1.29, 1.82) is 0 Å². The molecule has 3 rings (SSSR count). The molecule has 2 fully saturated rings. The average molecular weight is 463 g/mol. The van der Waals surface area contributed by atoms with Crippen LogP contribution < -0.4 is 0 Å². The minimum absolute atomic E-state index is 0.241. The molecule has 186 valence electrons. The third kappa shape index (κ3) is 8.07. The van der Waals surface area contributed by atoms with Crippen molar-refractivity contribution < 1.29 is 9.59 Å². The summed E-state index contributed by atoms with van der Waals surface area (Å²) in [7, 11) is 0. The number of unbranched alkanes of at least 4 members (excludes halogenated alkanes) is 8. The Bertz CT molecular complexity index is 771. The zero-order valence-corrected chi connectivity index (χ0v) is 21.7. The molecule has 1 aromatic carbocycles. The molecule has 0 N–H and O–H groups in total. The molecule has 2 saturated carbocycles. The zero-order chi connectivity index (χ0) is 24.2. The second kappa shape index (κ2) is 14.4. The molecule has 2 aliphatic rings. The highest BCUT2D eigenvalue weighted by molar-refractivity contribution is 6.03. The Labute approximate surface area is 208 Å². The number of allylic oxidation sites excluding steroid dienone is 2. The molecule has 2 nitrogen and oxygen atoms in total. The molecule has 0 heterocycles. The lowest BCUT2D eigenvalue weighted by atomic mass is 9.97. The van der Waals surface area contributed by atoms with Crippen molar-refractivity contribution in [1.82, 2.24) is 0 Å². The summed E-state index contributed by atoms with van der Waals surface area (Å²) in [5.74, 6) is 1.23. The number of rotatable bonds is 14. The van der Waals surface area contributed by atoms with Gasteiger partial charge in [0.15, 0.2) is 11.6 Å². The fraction of sp³-hybridized carbons (Fsp3) is 0.625. The first-order valence-electron chi connectivity index (χ1n) is 14.2. The van der Waals surface area contributed by atoms with E-state index >= 15 is 0 Å². The summed E-state index contributed by atoms with van der Waals surface area (Å²) in [6.07, 6.45) is 22.8. The van der Waals surface area contributed by atoms with Gasteiger partial charge in [0, 0.05) is 11.8 Å². The largest absolute Gasteiger partial charge is 0.294 e. The van der Waals surface area contributed by atoms with Crippen LogP contribution in [0.2, 0.25) is 0 Å². The Kier molecular flexibility index (Phi) is 11.3. The second-order valence-electron chi connectivity index (χ2n) is 10.6. The third-order valence-electron chi connectivity index (χ3n) is 7.83. The number of carbonyl (C=O) groups excluding carboxylic acids is 2. The van der Waals surface area contributed by atoms with E-state index in [1.807, 2.05) is 0 Å². The van der Waals surface area contributed by atoms with E-state index in [9.17, 15) is 9.59 Å². The minimum atomic E-state index is 0.241. The molecule has 0 saturated heterocycles. The molecule has 0 radical (unpaired) electrons. The lowest BCUT2D eigenvalue weighted by molar-refractivity contribution is -0.118. The maximum atomic E-state index is 12.8. The van der Waals surface area contributed by atoms with Crippen LogP contribution in [0.1, 0.15) is 128 Å². The van der Waals surface area contributed by atoms with Gasteiger partial charge in [-0.25, -0.2) is 0 Å². The van der Waals surface area contributed by atoms with E-state index in [0.29, 0.717) is 11.6 Å². The van der Waals surface area contributed by atoms with E-state index in [-0.39, 0.29) is 11.8 Å². The normalized spacial score (nSPS) is 23.0. The first-order chi connectivity index (χ1) is 16.6. The number of ketones is 2. The topological polar surface area (TPSA) is 34.1 Å². The highest BCUT2D eigenvalue weighted by Gasteiger charge is 2.29. The molecule has 0 unspecified atom stereocenters. The molecule has 0 bridgehead atoms.